The number of nitrogens with zero attached hydrogens (tertiary/aromatic N) is 2. The number of aryl methyl sites for hydroxylation is 2. The molecule has 0 aliphatic carbocycles. The minimum absolute atomic E-state index is 0.758. The van der Waals surface area contributed by atoms with E-state index < -0.39 is 0 Å². The fourth-order valence-corrected chi connectivity index (χ4v) is 3.33. The fraction of sp³-hybridized carbons (Fsp3) is 0.478. The maximum absolute atomic E-state index is 5.90. The zero-order chi connectivity index (χ0) is 18.9. The van der Waals surface area contributed by atoms with E-state index in [1.54, 1.807) is 0 Å². The Hall–Kier alpha value is -2.04. The molecular formula is C23H32N2O2. The molecule has 27 heavy (non-hydrogen) atoms. The Morgan fingerprint density at radius 3 is 2.07 bits per heavy atom. The number of para-hydroxylation sites is 1. The predicted molar refractivity (Wildman–Crippen MR) is 111 cm³/mol. The number of hydrogen-bond acceptors (Lipinski definition) is 4. The lowest BCUT2D eigenvalue weighted by Gasteiger charge is -2.34. The zero-order valence-electron chi connectivity index (χ0n) is 16.7. The molecule has 1 heterocycles. The predicted octanol–water partition coefficient (Wildman–Crippen LogP) is 3.77. The van der Waals surface area contributed by atoms with Gasteiger partial charge < -0.3 is 14.4 Å². The first-order valence-corrected chi connectivity index (χ1v) is 10.0. The standard InChI is InChI=1S/C23H32N2O2/c1-20-9-10-23(19-21(20)2)26-17-6-11-24-12-14-25(15-13-24)16-18-27-22-7-4-3-5-8-22/h3-5,7-10,19H,6,11-18H2,1-2H3. The van der Waals surface area contributed by atoms with Gasteiger partial charge in [0, 0.05) is 39.3 Å². The second-order valence-electron chi connectivity index (χ2n) is 7.29. The maximum Gasteiger partial charge on any atom is 0.119 e. The molecule has 4 nitrogen and oxygen atoms in total. The van der Waals surface area contributed by atoms with Crippen molar-refractivity contribution in [2.45, 2.75) is 20.3 Å². The highest BCUT2D eigenvalue weighted by Gasteiger charge is 2.16. The Balaban J connectivity index is 1.25. The molecule has 1 aliphatic heterocycles. The minimum Gasteiger partial charge on any atom is -0.494 e. The largest absolute Gasteiger partial charge is 0.494 e. The molecule has 2 aromatic rings. The zero-order valence-corrected chi connectivity index (χ0v) is 16.7. The fourth-order valence-electron chi connectivity index (χ4n) is 3.33. The van der Waals surface area contributed by atoms with E-state index in [2.05, 4.69) is 41.8 Å². The lowest BCUT2D eigenvalue weighted by Crippen LogP contribution is -2.47. The summed E-state index contributed by atoms with van der Waals surface area (Å²) in [6, 6.07) is 16.4. The van der Waals surface area contributed by atoms with Gasteiger partial charge in [-0.15, -0.1) is 0 Å². The Morgan fingerprint density at radius 1 is 0.704 bits per heavy atom. The third-order valence-corrected chi connectivity index (χ3v) is 5.25. The molecule has 0 amide bonds. The maximum atomic E-state index is 5.90. The average molecular weight is 369 g/mol. The highest BCUT2D eigenvalue weighted by Crippen LogP contribution is 2.16. The normalized spacial score (nSPS) is 15.6. The Labute approximate surface area is 163 Å². The summed E-state index contributed by atoms with van der Waals surface area (Å²) in [6.45, 7) is 12.4. The van der Waals surface area contributed by atoms with Crippen molar-refractivity contribution in [3.63, 3.8) is 0 Å². The number of ether oxygens (including phenoxy) is 2. The van der Waals surface area contributed by atoms with Crippen LogP contribution < -0.4 is 9.47 Å². The van der Waals surface area contributed by atoms with E-state index in [1.165, 1.54) is 11.1 Å². The minimum atomic E-state index is 0.758. The van der Waals surface area contributed by atoms with Crippen molar-refractivity contribution >= 4 is 0 Å². The van der Waals surface area contributed by atoms with E-state index in [0.717, 1.165) is 70.4 Å². The summed E-state index contributed by atoms with van der Waals surface area (Å²) < 4.78 is 11.7. The number of benzene rings is 2. The number of piperazine rings is 1. The highest BCUT2D eigenvalue weighted by molar-refractivity contribution is 5.33. The molecule has 0 N–H and O–H groups in total. The summed E-state index contributed by atoms with van der Waals surface area (Å²) in [5, 5.41) is 0. The van der Waals surface area contributed by atoms with Crippen molar-refractivity contribution in [3.05, 3.63) is 59.7 Å². The molecule has 0 spiro atoms. The topological polar surface area (TPSA) is 24.9 Å². The van der Waals surface area contributed by atoms with Crippen LogP contribution in [0, 0.1) is 13.8 Å². The van der Waals surface area contributed by atoms with Gasteiger partial charge >= 0.3 is 0 Å². The summed E-state index contributed by atoms with van der Waals surface area (Å²) in [5.41, 5.74) is 2.61. The molecular weight excluding hydrogens is 336 g/mol. The molecule has 146 valence electrons. The van der Waals surface area contributed by atoms with E-state index in [0.29, 0.717) is 0 Å². The lowest BCUT2D eigenvalue weighted by atomic mass is 10.1. The van der Waals surface area contributed by atoms with Crippen molar-refractivity contribution in [2.24, 2.45) is 0 Å². The third kappa shape index (κ3) is 6.56. The average Bonchev–Trinajstić information content (AvgIpc) is 2.70. The van der Waals surface area contributed by atoms with Crippen LogP contribution in [0.3, 0.4) is 0 Å². The highest BCUT2D eigenvalue weighted by atomic mass is 16.5. The van der Waals surface area contributed by atoms with Crippen LogP contribution in [0.2, 0.25) is 0 Å². The van der Waals surface area contributed by atoms with E-state index in [4.69, 9.17) is 9.47 Å². The molecule has 0 saturated carbocycles. The van der Waals surface area contributed by atoms with Crippen molar-refractivity contribution in [2.75, 3.05) is 52.5 Å². The molecule has 4 heteroatoms. The van der Waals surface area contributed by atoms with E-state index in [-0.39, 0.29) is 0 Å². The van der Waals surface area contributed by atoms with Crippen LogP contribution in [0.4, 0.5) is 0 Å². The number of hydrogen-bond donors (Lipinski definition) is 0. The molecule has 1 fully saturated rings. The van der Waals surface area contributed by atoms with Crippen LogP contribution in [0.5, 0.6) is 11.5 Å². The first kappa shape index (κ1) is 19.7. The molecule has 0 radical (unpaired) electrons. The van der Waals surface area contributed by atoms with Gasteiger partial charge in [0.2, 0.25) is 0 Å². The van der Waals surface area contributed by atoms with Crippen molar-refractivity contribution in [1.29, 1.82) is 0 Å². The van der Waals surface area contributed by atoms with Gasteiger partial charge in [-0.05, 0) is 55.7 Å². The van der Waals surface area contributed by atoms with Crippen LogP contribution >= 0.6 is 0 Å². The van der Waals surface area contributed by atoms with Gasteiger partial charge in [0.05, 0.1) is 6.61 Å². The summed E-state index contributed by atoms with van der Waals surface area (Å²) in [5.74, 6) is 1.95. The van der Waals surface area contributed by atoms with Gasteiger partial charge in [-0.2, -0.15) is 0 Å². The van der Waals surface area contributed by atoms with Gasteiger partial charge in [-0.25, -0.2) is 0 Å². The quantitative estimate of drug-likeness (QED) is 0.629. The second kappa shape index (κ2) is 10.3. The second-order valence-corrected chi connectivity index (χ2v) is 7.29. The van der Waals surface area contributed by atoms with Gasteiger partial charge in [-0.1, -0.05) is 24.3 Å². The molecule has 1 aliphatic rings. The summed E-state index contributed by atoms with van der Waals surface area (Å²) in [7, 11) is 0. The monoisotopic (exact) mass is 368 g/mol. The molecule has 1 saturated heterocycles. The molecule has 0 unspecified atom stereocenters. The van der Waals surface area contributed by atoms with Gasteiger partial charge in [0.15, 0.2) is 0 Å². The van der Waals surface area contributed by atoms with E-state index in [9.17, 15) is 0 Å². The van der Waals surface area contributed by atoms with Crippen molar-refractivity contribution < 1.29 is 9.47 Å². The van der Waals surface area contributed by atoms with Gasteiger partial charge in [0.25, 0.3) is 0 Å². The van der Waals surface area contributed by atoms with Crippen LogP contribution in [0.25, 0.3) is 0 Å². The smallest absolute Gasteiger partial charge is 0.119 e. The molecule has 3 rings (SSSR count). The van der Waals surface area contributed by atoms with Crippen molar-refractivity contribution in [1.82, 2.24) is 9.80 Å². The Kier molecular flexibility index (Phi) is 7.55. The van der Waals surface area contributed by atoms with Crippen LogP contribution in [0.15, 0.2) is 48.5 Å². The van der Waals surface area contributed by atoms with Crippen LogP contribution in [-0.2, 0) is 0 Å². The third-order valence-electron chi connectivity index (χ3n) is 5.25. The Bertz CT molecular complexity index is 682. The van der Waals surface area contributed by atoms with Crippen LogP contribution in [-0.4, -0.2) is 62.3 Å². The van der Waals surface area contributed by atoms with Crippen molar-refractivity contribution in [3.8, 4) is 11.5 Å². The molecule has 0 atom stereocenters. The first-order chi connectivity index (χ1) is 13.2. The number of rotatable bonds is 9. The lowest BCUT2D eigenvalue weighted by molar-refractivity contribution is 0.112. The SMILES string of the molecule is Cc1ccc(OCCCN2CCN(CCOc3ccccc3)CC2)cc1C. The Morgan fingerprint density at radius 2 is 1.37 bits per heavy atom. The van der Waals surface area contributed by atoms with E-state index >= 15 is 0 Å². The summed E-state index contributed by atoms with van der Waals surface area (Å²) >= 11 is 0. The summed E-state index contributed by atoms with van der Waals surface area (Å²) in [4.78, 5) is 5.03. The van der Waals surface area contributed by atoms with Gasteiger partial charge in [0.1, 0.15) is 18.1 Å². The van der Waals surface area contributed by atoms with E-state index in [1.807, 2.05) is 30.3 Å². The van der Waals surface area contributed by atoms with Gasteiger partial charge in [-0.3, -0.25) is 4.90 Å². The van der Waals surface area contributed by atoms with Crippen LogP contribution in [0.1, 0.15) is 17.5 Å². The first-order valence-electron chi connectivity index (χ1n) is 10.0. The molecule has 0 aromatic heterocycles. The molecule has 0 bridgehead atoms. The molecule has 2 aromatic carbocycles. The summed E-state index contributed by atoms with van der Waals surface area (Å²) in [6.07, 6.45) is 1.07.